The van der Waals surface area contributed by atoms with Crippen LogP contribution >= 0.6 is 0 Å². The molecule has 148 heavy (non-hydrogen) atoms. The van der Waals surface area contributed by atoms with Gasteiger partial charge in [0.1, 0.15) is 11.8 Å². The van der Waals surface area contributed by atoms with Gasteiger partial charge in [0, 0.05) is 645 Å². The van der Waals surface area contributed by atoms with E-state index in [2.05, 4.69) is 686 Å². The summed E-state index contributed by atoms with van der Waals surface area (Å²) in [6, 6.07) is 9.72. The van der Waals surface area contributed by atoms with Crippen LogP contribution in [0, 0.1) is 705 Å². The summed E-state index contributed by atoms with van der Waals surface area (Å²) < 4.78 is 40.1. The minimum atomic E-state index is -4.81. The molecule has 0 aromatic heterocycles. The lowest BCUT2D eigenvalue weighted by molar-refractivity contribution is -0.137. The van der Waals surface area contributed by atoms with Crippen molar-refractivity contribution >= 4 is 35.3 Å². The van der Waals surface area contributed by atoms with Gasteiger partial charge in [-0.1, -0.05) is 6.07 Å². The summed E-state index contributed by atoms with van der Waals surface area (Å²) in [5.74, 6) is 285. The van der Waals surface area contributed by atoms with Crippen LogP contribution in [0.2, 0.25) is 0 Å². The fraction of sp³-hybridized carbons (Fsp3) is 0.0362. The Bertz CT molecular complexity index is 9760. The molecule has 3 amide bonds. The van der Waals surface area contributed by atoms with E-state index in [-0.39, 0.29) is 5.69 Å². The number of carbonyl (C=O) groups excluding carboxylic acids is 3. The molecule has 626 valence electrons. The number of hydrogen-bond acceptors (Lipinski definition) is 4. The van der Waals surface area contributed by atoms with E-state index in [0.29, 0.717) is 42.9 Å². The van der Waals surface area contributed by atoms with Crippen molar-refractivity contribution < 1.29 is 27.6 Å². The van der Waals surface area contributed by atoms with Crippen molar-refractivity contribution in [1.29, 1.82) is 5.26 Å². The van der Waals surface area contributed by atoms with Crippen LogP contribution in [0.4, 0.5) is 35.0 Å². The average molecular weight is 1830 g/mol. The first-order valence-electron chi connectivity index (χ1n) is 38.3. The number of nitrogens with zero attached hydrogens (tertiary/aromatic N) is 4. The van der Waals surface area contributed by atoms with Crippen LogP contribution in [0.15, 0.2) is 42.5 Å². The highest BCUT2D eigenvalue weighted by molar-refractivity contribution is 6.31. The molecule has 0 bridgehead atoms. The number of benzene rings is 2. The Kier molecular flexibility index (Phi) is 64.0. The molecular weight excluding hydrogens is 1820 g/mol. The number of alkyl halides is 3. The molecule has 2 aliphatic rings. The largest absolute Gasteiger partial charge is 0.407 e. The molecule has 2 fully saturated rings. The zero-order chi connectivity index (χ0) is 106. The summed E-state index contributed by atoms with van der Waals surface area (Å²) >= 11 is 0. The molecule has 1 saturated heterocycles. The molecule has 4 rings (SSSR count). The van der Waals surface area contributed by atoms with Crippen molar-refractivity contribution in [3.05, 3.63) is 65.0 Å². The van der Waals surface area contributed by atoms with E-state index in [0.717, 1.165) is 11.0 Å². The Hall–Kier alpha value is -29.7. The van der Waals surface area contributed by atoms with Gasteiger partial charge in [-0.3, -0.25) is 14.5 Å². The van der Waals surface area contributed by atoms with Gasteiger partial charge in [0.2, 0.25) is 0 Å². The number of halogens is 3. The Morgan fingerprint density at radius 1 is 0.264 bits per heavy atom. The molecule has 1 heterocycles. The maximum atomic E-state index is 13.4. The van der Waals surface area contributed by atoms with Gasteiger partial charge in [-0.2, -0.15) is 18.4 Å². The SMILES string of the molecule is C#CC#CC#CC#CC#CC#CC#CC#CC#CC#CC#CC#CC#CC#CC#CC#CC#CC#CC#CC#CC#CC#CC#CC#CC#CC#CC#CC#CC#CC#CC#CC#CC#CC#CC#CC#CC#CC#CC#CC#CC#CC#CC#CC#CC#CC#CC#CC#CC#CC#CC#CC#CC#CC#CC#CC#CC#CC#CC#N.[C-]#[N+]c1ccc(N2C(=O)N(c3ccc(C=O)cc3)C3(CCC3)C2=O)cc1C(F)(F)F. The van der Waals surface area contributed by atoms with Crippen molar-refractivity contribution in [2.45, 2.75) is 31.0 Å². The second-order valence-electron chi connectivity index (χ2n) is 21.7. The van der Waals surface area contributed by atoms with Crippen LogP contribution in [-0.4, -0.2) is 23.8 Å². The molecule has 1 spiro atoms. The molecule has 2 aromatic rings. The molecule has 1 aliphatic carbocycles. The van der Waals surface area contributed by atoms with Gasteiger partial charge >= 0.3 is 12.2 Å². The Labute approximate surface area is 861 Å². The monoisotopic (exact) mass is 1830 g/mol. The summed E-state index contributed by atoms with van der Waals surface area (Å²) in [6.45, 7) is 6.95. The number of nitriles is 1. The zero-order valence-electron chi connectivity index (χ0n) is 74.5. The molecule has 2 aromatic carbocycles. The zero-order valence-corrected chi connectivity index (χ0v) is 74.5. The number of aldehydes is 1. The van der Waals surface area contributed by atoms with Gasteiger partial charge in [-0.05, 0) is 103 Å². The van der Waals surface area contributed by atoms with Crippen LogP contribution in [0.25, 0.3) is 4.85 Å². The lowest BCUT2D eigenvalue weighted by Crippen LogP contribution is -2.55. The minimum Gasteiger partial charge on any atom is -0.298 e. The normalized spacial score (nSPS) is 6.76. The third kappa shape index (κ3) is 61.7. The fourth-order valence-corrected chi connectivity index (χ4v) is 7.46. The molecular formula is C138H15F3N4O3. The van der Waals surface area contributed by atoms with Gasteiger partial charge in [0.05, 0.1) is 17.8 Å². The van der Waals surface area contributed by atoms with E-state index in [1.54, 1.807) is 6.07 Å². The smallest absolute Gasteiger partial charge is 0.298 e. The number of carbonyl (C=O) groups is 3. The quantitative estimate of drug-likeness (QED) is 0.181. The van der Waals surface area contributed by atoms with Crippen LogP contribution in [0.3, 0.4) is 0 Å². The topological polar surface area (TPSA) is 85.8 Å². The lowest BCUT2D eigenvalue weighted by Gasteiger charge is -2.42. The maximum Gasteiger partial charge on any atom is 0.407 e. The molecule has 1 saturated carbocycles. The first-order valence-corrected chi connectivity index (χ1v) is 38.3. The third-order valence-corrected chi connectivity index (χ3v) is 12.7. The standard InChI is InChI=1S/C117HN.C21H14F3N3O3/c1-2-3-4-5-6-7-8-9-10-11-12-13-14-15-16-17-18-19-20-21-22-23-24-25-26-27-28-29-30-31-32-33-34-35-36-37-38-39-40-41-42-43-44-45-46-47-48-49-50-51-52-53-54-55-56-57-58-59-60-61-62-63-64-65-66-67-68-69-70-71-72-73-74-75-76-77-78-79-80-81-82-83-84-85-86-87-88-89-90-91-92-93-94-95-96-97-98-99-100-101-102-103-104-105-106-107-108-109-110-111-112-113-114-115-116-117-118;1-25-17-8-7-15(11-16(17)21(22,23)24)26-18(29)20(9-2-10-20)27(19(26)30)14-5-3-13(12-28)4-6-14/h1H;3-8,11-12H,2,9-10H2. The van der Waals surface area contributed by atoms with E-state index in [1.807, 2.05) is 0 Å². The highest BCUT2D eigenvalue weighted by Gasteiger charge is 2.61. The highest BCUT2D eigenvalue weighted by Crippen LogP contribution is 2.49. The van der Waals surface area contributed by atoms with Crippen molar-refractivity contribution in [3.63, 3.8) is 0 Å². The van der Waals surface area contributed by atoms with Gasteiger partial charge in [-0.25, -0.2) is 14.5 Å². The van der Waals surface area contributed by atoms with Crippen LogP contribution < -0.4 is 9.80 Å². The van der Waals surface area contributed by atoms with Crippen LogP contribution in [0.1, 0.15) is 35.2 Å². The number of anilines is 2. The summed E-state index contributed by atoms with van der Waals surface area (Å²) in [4.78, 5) is 42.2. The van der Waals surface area contributed by atoms with E-state index >= 15 is 0 Å². The fourth-order valence-electron chi connectivity index (χ4n) is 7.46. The van der Waals surface area contributed by atoms with Gasteiger partial charge in [0.15, 0.2) is 11.8 Å². The number of urea groups is 1. The van der Waals surface area contributed by atoms with Crippen molar-refractivity contribution in [1.82, 2.24) is 0 Å². The first kappa shape index (κ1) is 112. The number of amides is 3. The second kappa shape index (κ2) is 84.2. The Morgan fingerprint density at radius 2 is 0.426 bits per heavy atom. The van der Waals surface area contributed by atoms with Gasteiger partial charge < -0.3 is 0 Å². The molecule has 10 heteroatoms. The van der Waals surface area contributed by atoms with Crippen molar-refractivity contribution in [3.8, 4) is 693 Å². The summed E-state index contributed by atoms with van der Waals surface area (Å²) in [6.07, 6.45) is 2.26. The second-order valence-corrected chi connectivity index (χ2v) is 21.7. The van der Waals surface area contributed by atoms with Crippen molar-refractivity contribution in [2.75, 3.05) is 9.80 Å². The summed E-state index contributed by atoms with van der Waals surface area (Å²) in [5, 5.41) is 8.23. The molecule has 0 atom stereocenters. The Morgan fingerprint density at radius 3 is 0.561 bits per heavy atom. The van der Waals surface area contributed by atoms with E-state index in [9.17, 15) is 27.6 Å². The maximum absolute atomic E-state index is 13.4. The number of rotatable bonds is 3. The molecule has 0 N–H and O–H groups in total. The summed E-state index contributed by atoms with van der Waals surface area (Å²) in [7, 11) is 0. The molecule has 1 aliphatic heterocycles. The predicted octanol–water partition coefficient (Wildman–Crippen LogP) is 5.30. The number of terminal acetylenes is 1. The van der Waals surface area contributed by atoms with E-state index in [1.165, 1.54) is 35.2 Å². The van der Waals surface area contributed by atoms with Gasteiger partial charge in [0.25, 0.3) is 5.91 Å². The Balaban J connectivity index is 0.00000157. The summed E-state index contributed by atoms with van der Waals surface area (Å²) in [5.41, 5.74) is -2.42. The van der Waals surface area contributed by atoms with Crippen molar-refractivity contribution in [2.24, 2.45) is 0 Å². The molecule has 0 unspecified atom stereocenters. The molecule has 7 nitrogen and oxygen atoms in total. The van der Waals surface area contributed by atoms with Crippen LogP contribution in [0.5, 0.6) is 0 Å². The predicted molar refractivity (Wildman–Crippen MR) is 559 cm³/mol. The first-order chi connectivity index (χ1) is 73.1. The van der Waals surface area contributed by atoms with Crippen LogP contribution in [-0.2, 0) is 11.0 Å². The van der Waals surface area contributed by atoms with E-state index in [4.69, 9.17) is 18.3 Å². The average Bonchev–Trinajstić information content (AvgIpc) is 1.55. The number of imide groups is 1. The molecule has 0 radical (unpaired) electrons. The van der Waals surface area contributed by atoms with Gasteiger partial charge in [-0.15, -0.1) is 6.42 Å². The highest BCUT2D eigenvalue weighted by atomic mass is 19.4. The number of hydrogen-bond donors (Lipinski definition) is 0. The third-order valence-electron chi connectivity index (χ3n) is 12.7. The van der Waals surface area contributed by atoms with E-state index < -0.39 is 34.9 Å². The lowest BCUT2D eigenvalue weighted by atomic mass is 9.75. The minimum absolute atomic E-state index is 0.233.